The molecule has 0 bridgehead atoms. The van der Waals surface area contributed by atoms with E-state index in [-0.39, 0.29) is 11.8 Å². The third-order valence-electron chi connectivity index (χ3n) is 3.20. The molecule has 1 aliphatic rings. The zero-order chi connectivity index (χ0) is 11.5. The molecule has 0 spiro atoms. The molecule has 0 amide bonds. The number of carbonyl (C=O) groups is 1. The van der Waals surface area contributed by atoms with Crippen LogP contribution < -0.4 is 0 Å². The van der Waals surface area contributed by atoms with E-state index >= 15 is 0 Å². The summed E-state index contributed by atoms with van der Waals surface area (Å²) in [5.41, 5.74) is 2.03. The van der Waals surface area contributed by atoms with E-state index in [4.69, 9.17) is 0 Å². The van der Waals surface area contributed by atoms with Gasteiger partial charge in [-0.3, -0.25) is 9.69 Å². The average molecular weight is 215 g/mol. The molecule has 1 atom stereocenters. The fourth-order valence-electron chi connectivity index (χ4n) is 2.09. The lowest BCUT2D eigenvalue weighted by atomic mass is 9.97. The summed E-state index contributed by atoms with van der Waals surface area (Å²) in [6.45, 7) is 7.56. The molecule has 1 aromatic carbocycles. The van der Waals surface area contributed by atoms with Crippen molar-refractivity contribution >= 4 is 5.78 Å². The number of carbonyl (C=O) groups excluding carboxylic acids is 1. The Kier molecular flexibility index (Phi) is 3.20. The molecule has 84 valence electrons. The van der Waals surface area contributed by atoms with Crippen LogP contribution >= 0.6 is 0 Å². The van der Waals surface area contributed by atoms with Crippen molar-refractivity contribution in [1.29, 1.82) is 0 Å². The van der Waals surface area contributed by atoms with E-state index in [9.17, 15) is 4.79 Å². The fraction of sp³-hybridized carbons (Fsp3) is 0.357. The van der Waals surface area contributed by atoms with Gasteiger partial charge in [-0.05, 0) is 24.5 Å². The Hall–Kier alpha value is -1.41. The monoisotopic (exact) mass is 215 g/mol. The van der Waals surface area contributed by atoms with Crippen LogP contribution in [-0.4, -0.2) is 23.3 Å². The predicted octanol–water partition coefficient (Wildman–Crippen LogP) is 2.41. The Balaban J connectivity index is 2.06. The van der Waals surface area contributed by atoms with Gasteiger partial charge in [-0.2, -0.15) is 0 Å². The van der Waals surface area contributed by atoms with E-state index in [1.807, 2.05) is 25.1 Å². The van der Waals surface area contributed by atoms with Gasteiger partial charge in [0.1, 0.15) is 0 Å². The van der Waals surface area contributed by atoms with Gasteiger partial charge in [0.15, 0.2) is 5.78 Å². The van der Waals surface area contributed by atoms with Crippen LogP contribution in [0.4, 0.5) is 0 Å². The second kappa shape index (κ2) is 4.62. The summed E-state index contributed by atoms with van der Waals surface area (Å²) in [7, 11) is 0. The standard InChI is InChI=1S/C14H17NO/c1-11-8-9-15(12(2)14(11)16)10-13-6-4-3-5-7-13/h3-7,12H,1,8-10H2,2H3. The first-order valence-corrected chi connectivity index (χ1v) is 5.68. The molecular formula is C14H17NO. The predicted molar refractivity (Wildman–Crippen MR) is 65.1 cm³/mol. The molecule has 0 aliphatic carbocycles. The lowest BCUT2D eigenvalue weighted by molar-refractivity contribution is -0.122. The van der Waals surface area contributed by atoms with Crippen molar-refractivity contribution in [3.63, 3.8) is 0 Å². The Labute approximate surface area is 96.6 Å². The van der Waals surface area contributed by atoms with E-state index in [1.165, 1.54) is 5.56 Å². The largest absolute Gasteiger partial charge is 0.293 e. The number of nitrogens with zero attached hydrogens (tertiary/aromatic N) is 1. The highest BCUT2D eigenvalue weighted by Crippen LogP contribution is 2.19. The Bertz CT molecular complexity index is 396. The second-order valence-electron chi connectivity index (χ2n) is 4.35. The molecule has 16 heavy (non-hydrogen) atoms. The van der Waals surface area contributed by atoms with E-state index in [0.29, 0.717) is 0 Å². The molecule has 1 saturated heterocycles. The Morgan fingerprint density at radius 2 is 2.06 bits per heavy atom. The Morgan fingerprint density at radius 1 is 1.38 bits per heavy atom. The van der Waals surface area contributed by atoms with Crippen LogP contribution in [0.3, 0.4) is 0 Å². The highest BCUT2D eigenvalue weighted by Gasteiger charge is 2.27. The summed E-state index contributed by atoms with van der Waals surface area (Å²) in [6.07, 6.45) is 0.802. The van der Waals surface area contributed by atoms with Crippen molar-refractivity contribution in [1.82, 2.24) is 4.90 Å². The van der Waals surface area contributed by atoms with Gasteiger partial charge in [-0.25, -0.2) is 0 Å². The lowest BCUT2D eigenvalue weighted by Gasteiger charge is -2.33. The van der Waals surface area contributed by atoms with E-state index < -0.39 is 0 Å². The number of hydrogen-bond donors (Lipinski definition) is 0. The fourth-order valence-corrected chi connectivity index (χ4v) is 2.09. The van der Waals surface area contributed by atoms with Crippen molar-refractivity contribution in [2.75, 3.05) is 6.54 Å². The maximum atomic E-state index is 11.8. The van der Waals surface area contributed by atoms with Crippen LogP contribution in [-0.2, 0) is 11.3 Å². The van der Waals surface area contributed by atoms with Gasteiger partial charge in [-0.15, -0.1) is 0 Å². The van der Waals surface area contributed by atoms with E-state index in [2.05, 4.69) is 23.6 Å². The molecule has 1 aromatic rings. The van der Waals surface area contributed by atoms with Gasteiger partial charge >= 0.3 is 0 Å². The number of Topliss-reactive ketones (excluding diaryl/α,β-unsaturated/α-hetero) is 1. The minimum absolute atomic E-state index is 0.0264. The van der Waals surface area contributed by atoms with Gasteiger partial charge in [0.05, 0.1) is 6.04 Å². The summed E-state index contributed by atoms with van der Waals surface area (Å²) in [4.78, 5) is 14.0. The highest BCUT2D eigenvalue weighted by atomic mass is 16.1. The minimum atomic E-state index is -0.0264. The number of benzene rings is 1. The zero-order valence-electron chi connectivity index (χ0n) is 9.65. The van der Waals surface area contributed by atoms with Crippen molar-refractivity contribution < 1.29 is 4.79 Å². The van der Waals surface area contributed by atoms with Gasteiger partial charge < -0.3 is 0 Å². The molecule has 2 heteroatoms. The van der Waals surface area contributed by atoms with E-state index in [0.717, 1.165) is 25.1 Å². The quantitative estimate of drug-likeness (QED) is 0.706. The van der Waals surface area contributed by atoms with Crippen LogP contribution in [0.5, 0.6) is 0 Å². The summed E-state index contributed by atoms with van der Waals surface area (Å²) in [5.74, 6) is 0.196. The molecule has 0 N–H and O–H groups in total. The summed E-state index contributed by atoms with van der Waals surface area (Å²) < 4.78 is 0. The maximum absolute atomic E-state index is 11.8. The summed E-state index contributed by atoms with van der Waals surface area (Å²) in [5, 5.41) is 0. The molecule has 2 rings (SSSR count). The van der Waals surface area contributed by atoms with Gasteiger partial charge in [0, 0.05) is 13.1 Å². The zero-order valence-corrected chi connectivity index (χ0v) is 9.65. The molecular weight excluding hydrogens is 198 g/mol. The average Bonchev–Trinajstić information content (AvgIpc) is 2.31. The molecule has 1 unspecified atom stereocenters. The first-order valence-electron chi connectivity index (χ1n) is 5.68. The van der Waals surface area contributed by atoms with Crippen molar-refractivity contribution in [3.8, 4) is 0 Å². The van der Waals surface area contributed by atoms with Crippen LogP contribution in [0.15, 0.2) is 42.5 Å². The van der Waals surface area contributed by atoms with Crippen molar-refractivity contribution in [3.05, 3.63) is 48.0 Å². The molecule has 2 nitrogen and oxygen atoms in total. The van der Waals surface area contributed by atoms with Crippen LogP contribution in [0, 0.1) is 0 Å². The Morgan fingerprint density at radius 3 is 2.75 bits per heavy atom. The second-order valence-corrected chi connectivity index (χ2v) is 4.35. The van der Waals surface area contributed by atoms with E-state index in [1.54, 1.807) is 0 Å². The number of likely N-dealkylation sites (tertiary alicyclic amines) is 1. The van der Waals surface area contributed by atoms with Gasteiger partial charge in [0.25, 0.3) is 0 Å². The molecule has 1 aliphatic heterocycles. The topological polar surface area (TPSA) is 20.3 Å². The SMILES string of the molecule is C=C1CCN(Cc2ccccc2)C(C)C1=O. The number of rotatable bonds is 2. The normalized spacial score (nSPS) is 22.4. The molecule has 0 aromatic heterocycles. The lowest BCUT2D eigenvalue weighted by Crippen LogP contribution is -2.44. The summed E-state index contributed by atoms with van der Waals surface area (Å²) in [6, 6.07) is 10.2. The molecule has 0 radical (unpaired) electrons. The number of hydrogen-bond acceptors (Lipinski definition) is 2. The molecule has 1 fully saturated rings. The van der Waals surface area contributed by atoms with Gasteiger partial charge in [-0.1, -0.05) is 36.9 Å². The minimum Gasteiger partial charge on any atom is -0.293 e. The molecule has 1 heterocycles. The molecule has 0 saturated carbocycles. The van der Waals surface area contributed by atoms with Crippen molar-refractivity contribution in [2.45, 2.75) is 25.9 Å². The first kappa shape index (κ1) is 11.1. The van der Waals surface area contributed by atoms with Crippen molar-refractivity contribution in [2.24, 2.45) is 0 Å². The first-order chi connectivity index (χ1) is 7.68. The third-order valence-corrected chi connectivity index (χ3v) is 3.20. The van der Waals surface area contributed by atoms with Crippen LogP contribution in [0.2, 0.25) is 0 Å². The number of ketones is 1. The van der Waals surface area contributed by atoms with Crippen LogP contribution in [0.1, 0.15) is 18.9 Å². The van der Waals surface area contributed by atoms with Gasteiger partial charge in [0.2, 0.25) is 0 Å². The summed E-state index contributed by atoms with van der Waals surface area (Å²) >= 11 is 0. The third kappa shape index (κ3) is 2.22. The number of piperidine rings is 1. The van der Waals surface area contributed by atoms with Crippen LogP contribution in [0.25, 0.3) is 0 Å². The smallest absolute Gasteiger partial charge is 0.175 e. The highest BCUT2D eigenvalue weighted by molar-refractivity contribution is 5.99. The maximum Gasteiger partial charge on any atom is 0.175 e.